The third-order valence-corrected chi connectivity index (χ3v) is 4.39. The Morgan fingerprint density at radius 2 is 1.95 bits per heavy atom. The molecule has 0 amide bonds. The van der Waals surface area contributed by atoms with Crippen LogP contribution in [-0.2, 0) is 6.54 Å². The molecule has 0 aromatic heterocycles. The smallest absolute Gasteiger partial charge is 0.0237 e. The average Bonchev–Trinajstić information content (AvgIpc) is 2.76. The fraction of sp³-hybridized carbons (Fsp3) is 0.625. The van der Waals surface area contributed by atoms with Crippen LogP contribution < -0.4 is 5.32 Å². The van der Waals surface area contributed by atoms with Crippen LogP contribution in [0.3, 0.4) is 0 Å². The Hall–Kier alpha value is -0.130. The third-order valence-electron chi connectivity index (χ3n) is 3.67. The molecule has 0 saturated carbocycles. The van der Waals surface area contributed by atoms with Gasteiger partial charge in [-0.25, -0.2) is 0 Å². The van der Waals surface area contributed by atoms with Crippen molar-refractivity contribution >= 4 is 22.6 Å². The second kappa shape index (κ2) is 6.55. The van der Waals surface area contributed by atoms with Gasteiger partial charge in [0.05, 0.1) is 0 Å². The monoisotopic (exact) mass is 372 g/mol. The quantitative estimate of drug-likeness (QED) is 0.812. The van der Waals surface area contributed by atoms with E-state index in [0.29, 0.717) is 6.04 Å². The number of benzene rings is 1. The molecule has 0 radical (unpaired) electrons. The van der Waals surface area contributed by atoms with Crippen molar-refractivity contribution in [1.29, 1.82) is 0 Å². The number of rotatable bonds is 4. The number of halogens is 1. The van der Waals surface area contributed by atoms with Crippen molar-refractivity contribution in [3.8, 4) is 0 Å². The first-order chi connectivity index (χ1) is 8.94. The van der Waals surface area contributed by atoms with E-state index in [1.165, 1.54) is 28.5 Å². The minimum Gasteiger partial charge on any atom is -0.311 e. The Bertz CT molecular complexity index is 394. The second-order valence-corrected chi connectivity index (χ2v) is 7.77. The molecule has 1 saturated heterocycles. The molecule has 1 N–H and O–H groups in total. The summed E-state index contributed by atoms with van der Waals surface area (Å²) in [5, 5.41) is 3.65. The molecule has 1 aliphatic rings. The zero-order valence-corrected chi connectivity index (χ0v) is 14.4. The maximum atomic E-state index is 3.65. The van der Waals surface area contributed by atoms with Gasteiger partial charge in [-0.3, -0.25) is 4.90 Å². The number of likely N-dealkylation sites (tertiary alicyclic amines) is 1. The first-order valence-electron chi connectivity index (χ1n) is 7.17. The van der Waals surface area contributed by atoms with E-state index in [1.54, 1.807) is 0 Å². The highest BCUT2D eigenvalue weighted by molar-refractivity contribution is 14.1. The van der Waals surface area contributed by atoms with Gasteiger partial charge in [-0.1, -0.05) is 12.1 Å². The lowest BCUT2D eigenvalue weighted by atomic mass is 10.1. The van der Waals surface area contributed by atoms with Crippen LogP contribution in [0.2, 0.25) is 0 Å². The largest absolute Gasteiger partial charge is 0.311 e. The Balaban J connectivity index is 1.90. The van der Waals surface area contributed by atoms with Crippen molar-refractivity contribution in [3.05, 3.63) is 33.4 Å². The third kappa shape index (κ3) is 5.04. The van der Waals surface area contributed by atoms with Crippen LogP contribution in [0, 0.1) is 3.57 Å². The van der Waals surface area contributed by atoms with Gasteiger partial charge in [-0.15, -0.1) is 0 Å². The lowest BCUT2D eigenvalue weighted by Crippen LogP contribution is -2.44. The number of hydrogen-bond acceptors (Lipinski definition) is 2. The summed E-state index contributed by atoms with van der Waals surface area (Å²) < 4.78 is 1.31. The summed E-state index contributed by atoms with van der Waals surface area (Å²) in [6.45, 7) is 10.2. The van der Waals surface area contributed by atoms with Gasteiger partial charge in [0.1, 0.15) is 0 Å². The SMILES string of the molecule is CC(C)(C)NCC1CCCN1Cc1ccc(I)cc1. The highest BCUT2D eigenvalue weighted by Gasteiger charge is 2.25. The molecule has 1 heterocycles. The number of nitrogens with zero attached hydrogens (tertiary/aromatic N) is 1. The summed E-state index contributed by atoms with van der Waals surface area (Å²) in [6, 6.07) is 9.62. The Morgan fingerprint density at radius 3 is 2.58 bits per heavy atom. The van der Waals surface area contributed by atoms with E-state index in [-0.39, 0.29) is 5.54 Å². The van der Waals surface area contributed by atoms with Crippen LogP contribution in [0.4, 0.5) is 0 Å². The molecule has 1 atom stereocenters. The summed E-state index contributed by atoms with van der Waals surface area (Å²) in [7, 11) is 0. The van der Waals surface area contributed by atoms with Crippen LogP contribution in [0.1, 0.15) is 39.2 Å². The normalized spacial score (nSPS) is 20.9. The van der Waals surface area contributed by atoms with E-state index >= 15 is 0 Å². The van der Waals surface area contributed by atoms with Gasteiger partial charge in [-0.2, -0.15) is 0 Å². The first-order valence-corrected chi connectivity index (χ1v) is 8.25. The predicted octanol–water partition coefficient (Wildman–Crippen LogP) is 3.64. The van der Waals surface area contributed by atoms with E-state index in [4.69, 9.17) is 0 Å². The van der Waals surface area contributed by atoms with E-state index in [1.807, 2.05) is 0 Å². The van der Waals surface area contributed by atoms with Crippen LogP contribution in [0.5, 0.6) is 0 Å². The Morgan fingerprint density at radius 1 is 1.26 bits per heavy atom. The van der Waals surface area contributed by atoms with Gasteiger partial charge in [-0.05, 0) is 80.4 Å². The molecule has 2 nitrogen and oxygen atoms in total. The minimum atomic E-state index is 0.219. The number of nitrogens with one attached hydrogen (secondary N) is 1. The molecular weight excluding hydrogens is 347 g/mol. The van der Waals surface area contributed by atoms with Crippen LogP contribution in [0.25, 0.3) is 0 Å². The molecule has 1 unspecified atom stereocenters. The Kier molecular flexibility index (Phi) is 5.26. The fourth-order valence-corrected chi connectivity index (χ4v) is 2.94. The molecule has 19 heavy (non-hydrogen) atoms. The molecule has 0 bridgehead atoms. The zero-order valence-electron chi connectivity index (χ0n) is 12.2. The molecule has 1 aromatic carbocycles. The van der Waals surface area contributed by atoms with Crippen LogP contribution in [-0.4, -0.2) is 29.6 Å². The van der Waals surface area contributed by atoms with Gasteiger partial charge < -0.3 is 5.32 Å². The minimum absolute atomic E-state index is 0.219. The van der Waals surface area contributed by atoms with Gasteiger partial charge >= 0.3 is 0 Å². The highest BCUT2D eigenvalue weighted by atomic mass is 127. The fourth-order valence-electron chi connectivity index (χ4n) is 2.58. The molecule has 106 valence electrons. The summed E-state index contributed by atoms with van der Waals surface area (Å²) >= 11 is 2.36. The van der Waals surface area contributed by atoms with E-state index < -0.39 is 0 Å². The molecular formula is C16H25IN2. The maximum Gasteiger partial charge on any atom is 0.0237 e. The van der Waals surface area contributed by atoms with Crippen molar-refractivity contribution in [2.24, 2.45) is 0 Å². The number of hydrogen-bond donors (Lipinski definition) is 1. The zero-order chi connectivity index (χ0) is 13.9. The summed E-state index contributed by atoms with van der Waals surface area (Å²) in [5.74, 6) is 0. The van der Waals surface area contributed by atoms with E-state index in [2.05, 4.69) is 77.8 Å². The van der Waals surface area contributed by atoms with Crippen molar-refractivity contribution in [2.45, 2.75) is 51.7 Å². The van der Waals surface area contributed by atoms with Crippen molar-refractivity contribution < 1.29 is 0 Å². The molecule has 3 heteroatoms. The standard InChI is InChI=1S/C16H25IN2/c1-16(2,3)18-11-15-5-4-10-19(15)12-13-6-8-14(17)9-7-13/h6-9,15,18H,4-5,10-12H2,1-3H3. The van der Waals surface area contributed by atoms with Gasteiger partial charge in [0.2, 0.25) is 0 Å². The second-order valence-electron chi connectivity index (χ2n) is 6.52. The average molecular weight is 372 g/mol. The van der Waals surface area contributed by atoms with Crippen LogP contribution in [0.15, 0.2) is 24.3 Å². The maximum absolute atomic E-state index is 3.65. The Labute approximate surface area is 131 Å². The lowest BCUT2D eigenvalue weighted by Gasteiger charge is -2.29. The predicted molar refractivity (Wildman–Crippen MR) is 90.3 cm³/mol. The topological polar surface area (TPSA) is 15.3 Å². The van der Waals surface area contributed by atoms with Gasteiger partial charge in [0.15, 0.2) is 0 Å². The van der Waals surface area contributed by atoms with Crippen LogP contribution >= 0.6 is 22.6 Å². The summed E-state index contributed by atoms with van der Waals surface area (Å²) in [6.07, 6.45) is 2.66. The van der Waals surface area contributed by atoms with Gasteiger partial charge in [0.25, 0.3) is 0 Å². The molecule has 1 fully saturated rings. The molecule has 1 aliphatic heterocycles. The van der Waals surface area contributed by atoms with Crippen molar-refractivity contribution in [2.75, 3.05) is 13.1 Å². The molecule has 2 rings (SSSR count). The van der Waals surface area contributed by atoms with Gasteiger partial charge in [0, 0.05) is 28.2 Å². The van der Waals surface area contributed by atoms with E-state index in [9.17, 15) is 0 Å². The molecule has 1 aromatic rings. The van der Waals surface area contributed by atoms with E-state index in [0.717, 1.165) is 13.1 Å². The van der Waals surface area contributed by atoms with Crippen molar-refractivity contribution in [3.63, 3.8) is 0 Å². The lowest BCUT2D eigenvalue weighted by molar-refractivity contribution is 0.226. The highest BCUT2D eigenvalue weighted by Crippen LogP contribution is 2.20. The summed E-state index contributed by atoms with van der Waals surface area (Å²) in [4.78, 5) is 2.63. The summed E-state index contributed by atoms with van der Waals surface area (Å²) in [5.41, 5.74) is 1.65. The first kappa shape index (κ1) is 15.3. The molecule has 0 spiro atoms. The van der Waals surface area contributed by atoms with Crippen molar-refractivity contribution in [1.82, 2.24) is 10.2 Å². The molecule has 0 aliphatic carbocycles.